The zero-order valence-corrected chi connectivity index (χ0v) is 18.2. The molecule has 1 fully saturated rings. The first-order valence-electron chi connectivity index (χ1n) is 10.1. The number of sulfonamides is 1. The van der Waals surface area contributed by atoms with E-state index in [1.165, 1.54) is 13.5 Å². The number of esters is 1. The van der Waals surface area contributed by atoms with Crippen LogP contribution >= 0.6 is 0 Å². The number of hydrogen-bond donors (Lipinski definition) is 1. The SMILES string of the molecule is COC(=O)[C@H](CC1CCCCC1)NS(=O)(=O)c1cccc2c(N(C)C)cccc12. The van der Waals surface area contributed by atoms with E-state index >= 15 is 0 Å². The highest BCUT2D eigenvalue weighted by Crippen LogP contribution is 2.31. The van der Waals surface area contributed by atoms with Crippen molar-refractivity contribution in [3.63, 3.8) is 0 Å². The van der Waals surface area contributed by atoms with Crippen LogP contribution in [0.2, 0.25) is 0 Å². The number of rotatable bonds is 7. The van der Waals surface area contributed by atoms with Gasteiger partial charge in [-0.2, -0.15) is 4.72 Å². The summed E-state index contributed by atoms with van der Waals surface area (Å²) in [5.74, 6) is -0.197. The van der Waals surface area contributed by atoms with Crippen LogP contribution in [0.25, 0.3) is 10.8 Å². The van der Waals surface area contributed by atoms with Gasteiger partial charge in [0, 0.05) is 30.6 Å². The van der Waals surface area contributed by atoms with Crippen LogP contribution in [0.4, 0.5) is 5.69 Å². The Kier molecular flexibility index (Phi) is 6.80. The quantitative estimate of drug-likeness (QED) is 0.694. The number of methoxy groups -OCH3 is 1. The molecular formula is C22H30N2O4S. The summed E-state index contributed by atoms with van der Waals surface area (Å²) in [5, 5.41) is 1.48. The number of nitrogens with zero attached hydrogens (tertiary/aromatic N) is 1. The van der Waals surface area contributed by atoms with Crippen molar-refractivity contribution in [2.45, 2.75) is 49.5 Å². The van der Waals surface area contributed by atoms with Crippen LogP contribution in [0.15, 0.2) is 41.3 Å². The molecule has 29 heavy (non-hydrogen) atoms. The van der Waals surface area contributed by atoms with Gasteiger partial charge in [0.05, 0.1) is 12.0 Å². The molecule has 1 N–H and O–H groups in total. The minimum atomic E-state index is -3.90. The molecule has 2 aromatic rings. The monoisotopic (exact) mass is 418 g/mol. The summed E-state index contributed by atoms with van der Waals surface area (Å²) in [7, 11) is 1.24. The van der Waals surface area contributed by atoms with Gasteiger partial charge < -0.3 is 9.64 Å². The number of benzene rings is 2. The normalized spacial score (nSPS) is 16.5. The first-order valence-corrected chi connectivity index (χ1v) is 11.6. The fraction of sp³-hybridized carbons (Fsp3) is 0.500. The molecule has 0 radical (unpaired) electrons. The van der Waals surface area contributed by atoms with Crippen molar-refractivity contribution in [2.75, 3.05) is 26.1 Å². The molecule has 1 aliphatic carbocycles. The second-order valence-corrected chi connectivity index (χ2v) is 9.64. The van der Waals surface area contributed by atoms with Crippen LogP contribution in [0.5, 0.6) is 0 Å². The van der Waals surface area contributed by atoms with Crippen molar-refractivity contribution in [3.8, 4) is 0 Å². The first kappa shape index (κ1) is 21.6. The van der Waals surface area contributed by atoms with E-state index in [-0.39, 0.29) is 4.90 Å². The van der Waals surface area contributed by atoms with E-state index in [0.717, 1.165) is 36.8 Å². The maximum Gasteiger partial charge on any atom is 0.323 e. The third-order valence-electron chi connectivity index (χ3n) is 5.71. The summed E-state index contributed by atoms with van der Waals surface area (Å²) < 4.78 is 34.1. The highest BCUT2D eigenvalue weighted by Gasteiger charge is 2.30. The van der Waals surface area contributed by atoms with Gasteiger partial charge in [0.2, 0.25) is 10.0 Å². The minimum absolute atomic E-state index is 0.177. The maximum atomic E-state index is 13.3. The number of fused-ring (bicyclic) bond motifs is 1. The van der Waals surface area contributed by atoms with Crippen molar-refractivity contribution in [2.24, 2.45) is 5.92 Å². The Morgan fingerprint density at radius 1 is 1.10 bits per heavy atom. The molecule has 0 spiro atoms. The van der Waals surface area contributed by atoms with Crippen molar-refractivity contribution >= 4 is 32.5 Å². The van der Waals surface area contributed by atoms with E-state index in [4.69, 9.17) is 4.74 Å². The van der Waals surface area contributed by atoms with Gasteiger partial charge in [0.1, 0.15) is 6.04 Å². The largest absolute Gasteiger partial charge is 0.468 e. The maximum absolute atomic E-state index is 13.3. The van der Waals surface area contributed by atoms with Crippen molar-refractivity contribution in [1.29, 1.82) is 0 Å². The standard InChI is InChI=1S/C22H30N2O4S/c1-24(2)20-13-7-12-18-17(20)11-8-14-21(18)29(26,27)23-19(22(25)28-3)15-16-9-5-4-6-10-16/h7-8,11-14,16,19,23H,4-6,9-10,15H2,1-3H3/t19-/m0/s1. The number of carbonyl (C=O) groups is 1. The van der Waals surface area contributed by atoms with E-state index in [1.807, 2.05) is 37.2 Å². The van der Waals surface area contributed by atoms with Gasteiger partial charge in [-0.15, -0.1) is 0 Å². The van der Waals surface area contributed by atoms with Crippen LogP contribution in [0, 0.1) is 5.92 Å². The molecule has 1 saturated carbocycles. The number of nitrogens with one attached hydrogen (secondary N) is 1. The van der Waals surface area contributed by atoms with Gasteiger partial charge in [0.25, 0.3) is 0 Å². The summed E-state index contributed by atoms with van der Waals surface area (Å²) in [5.41, 5.74) is 0.936. The van der Waals surface area contributed by atoms with Crippen molar-refractivity contribution in [3.05, 3.63) is 36.4 Å². The highest BCUT2D eigenvalue weighted by atomic mass is 32.2. The predicted molar refractivity (Wildman–Crippen MR) is 116 cm³/mol. The van der Waals surface area contributed by atoms with Crippen molar-refractivity contribution < 1.29 is 17.9 Å². The van der Waals surface area contributed by atoms with Crippen LogP contribution < -0.4 is 9.62 Å². The van der Waals surface area contributed by atoms with Gasteiger partial charge in [-0.25, -0.2) is 8.42 Å². The van der Waals surface area contributed by atoms with Gasteiger partial charge in [0.15, 0.2) is 0 Å². The van der Waals surface area contributed by atoms with Crippen molar-refractivity contribution in [1.82, 2.24) is 4.72 Å². The molecular weight excluding hydrogens is 388 g/mol. The minimum Gasteiger partial charge on any atom is -0.468 e. The number of hydrogen-bond acceptors (Lipinski definition) is 5. The molecule has 0 aliphatic heterocycles. The average molecular weight is 419 g/mol. The molecule has 0 heterocycles. The lowest BCUT2D eigenvalue weighted by molar-refractivity contribution is -0.143. The molecule has 1 atom stereocenters. The Morgan fingerprint density at radius 2 is 1.76 bits per heavy atom. The van der Waals surface area contributed by atoms with Gasteiger partial charge in [-0.1, -0.05) is 56.4 Å². The first-order chi connectivity index (χ1) is 13.8. The van der Waals surface area contributed by atoms with Gasteiger partial charge in [-0.3, -0.25) is 4.79 Å². The molecule has 7 heteroatoms. The van der Waals surface area contributed by atoms with E-state index < -0.39 is 22.0 Å². The fourth-order valence-electron chi connectivity index (χ4n) is 4.23. The molecule has 1 aliphatic rings. The lowest BCUT2D eigenvalue weighted by atomic mass is 9.85. The predicted octanol–water partition coefficient (Wildman–Crippen LogP) is 3.70. The zero-order chi connectivity index (χ0) is 21.0. The zero-order valence-electron chi connectivity index (χ0n) is 17.3. The Hall–Kier alpha value is -2.12. The molecule has 0 amide bonds. The van der Waals surface area contributed by atoms with Crippen LogP contribution in [0.3, 0.4) is 0 Å². The third-order valence-corrected chi connectivity index (χ3v) is 7.24. The Morgan fingerprint density at radius 3 is 2.41 bits per heavy atom. The second-order valence-electron chi connectivity index (χ2n) is 7.96. The average Bonchev–Trinajstić information content (AvgIpc) is 2.72. The van der Waals surface area contributed by atoms with Crippen LogP contribution in [-0.4, -0.2) is 41.6 Å². The highest BCUT2D eigenvalue weighted by molar-refractivity contribution is 7.89. The summed E-state index contributed by atoms with van der Waals surface area (Å²) in [6.07, 6.45) is 5.98. The fourth-order valence-corrected chi connectivity index (χ4v) is 5.65. The van der Waals surface area contributed by atoms with Gasteiger partial charge >= 0.3 is 5.97 Å². The Bertz CT molecular complexity index is 966. The molecule has 3 rings (SSSR count). The summed E-state index contributed by atoms with van der Waals surface area (Å²) in [4.78, 5) is 14.5. The van der Waals surface area contributed by atoms with Crippen LogP contribution in [-0.2, 0) is 19.6 Å². The number of ether oxygens (including phenoxy) is 1. The molecule has 0 aromatic heterocycles. The summed E-state index contributed by atoms with van der Waals surface area (Å²) in [6, 6.07) is 9.94. The Labute approximate surface area is 173 Å². The number of carbonyl (C=O) groups excluding carboxylic acids is 1. The third kappa shape index (κ3) is 4.90. The molecule has 6 nitrogen and oxygen atoms in total. The molecule has 2 aromatic carbocycles. The second kappa shape index (κ2) is 9.13. The molecule has 0 saturated heterocycles. The van der Waals surface area contributed by atoms with E-state index in [2.05, 4.69) is 4.72 Å². The van der Waals surface area contributed by atoms with E-state index in [0.29, 0.717) is 17.7 Å². The molecule has 0 bridgehead atoms. The Balaban J connectivity index is 1.94. The van der Waals surface area contributed by atoms with E-state index in [1.54, 1.807) is 18.2 Å². The summed E-state index contributed by atoms with van der Waals surface area (Å²) >= 11 is 0. The molecule has 158 valence electrons. The lowest BCUT2D eigenvalue weighted by Crippen LogP contribution is -2.43. The summed E-state index contributed by atoms with van der Waals surface area (Å²) in [6.45, 7) is 0. The van der Waals surface area contributed by atoms with Crippen LogP contribution in [0.1, 0.15) is 38.5 Å². The van der Waals surface area contributed by atoms with Gasteiger partial charge in [-0.05, 0) is 24.5 Å². The topological polar surface area (TPSA) is 75.7 Å². The van der Waals surface area contributed by atoms with E-state index in [9.17, 15) is 13.2 Å². The number of anilines is 1. The smallest absolute Gasteiger partial charge is 0.323 e. The molecule has 0 unspecified atom stereocenters. The lowest BCUT2D eigenvalue weighted by Gasteiger charge is -2.26.